The highest BCUT2D eigenvalue weighted by Gasteiger charge is 2.21. The zero-order chi connectivity index (χ0) is 13.0. The number of aromatic nitrogens is 2. The Kier molecular flexibility index (Phi) is 4.36. The van der Waals surface area contributed by atoms with E-state index in [2.05, 4.69) is 26.8 Å². The summed E-state index contributed by atoms with van der Waals surface area (Å²) in [6.45, 7) is 1.44. The SMILES string of the molecule is CN(CCN)c1cc(N(C)C2CCCC2)ncn1. The van der Waals surface area contributed by atoms with E-state index in [0.717, 1.165) is 18.2 Å². The van der Waals surface area contributed by atoms with Crippen LogP contribution >= 0.6 is 0 Å². The van der Waals surface area contributed by atoms with Crippen molar-refractivity contribution >= 4 is 11.6 Å². The second-order valence-corrected chi connectivity index (χ2v) is 4.99. The summed E-state index contributed by atoms with van der Waals surface area (Å²) in [6.07, 6.45) is 6.85. The van der Waals surface area contributed by atoms with Crippen LogP contribution in [-0.2, 0) is 0 Å². The fourth-order valence-corrected chi connectivity index (χ4v) is 2.53. The van der Waals surface area contributed by atoms with Gasteiger partial charge in [0.1, 0.15) is 18.0 Å². The first-order valence-corrected chi connectivity index (χ1v) is 6.68. The van der Waals surface area contributed by atoms with E-state index in [4.69, 9.17) is 5.73 Å². The molecule has 0 spiro atoms. The zero-order valence-electron chi connectivity index (χ0n) is 11.3. The van der Waals surface area contributed by atoms with Crippen LogP contribution in [0.1, 0.15) is 25.7 Å². The highest BCUT2D eigenvalue weighted by molar-refractivity contribution is 5.49. The van der Waals surface area contributed by atoms with E-state index in [1.54, 1.807) is 6.33 Å². The van der Waals surface area contributed by atoms with E-state index in [1.807, 2.05) is 13.1 Å². The summed E-state index contributed by atoms with van der Waals surface area (Å²) in [5.74, 6) is 1.95. The van der Waals surface area contributed by atoms with Crippen LogP contribution in [0.4, 0.5) is 11.6 Å². The van der Waals surface area contributed by atoms with Gasteiger partial charge in [-0.3, -0.25) is 0 Å². The Morgan fingerprint density at radius 2 is 1.89 bits per heavy atom. The number of nitrogens with two attached hydrogens (primary N) is 1. The van der Waals surface area contributed by atoms with Gasteiger partial charge >= 0.3 is 0 Å². The Balaban J connectivity index is 2.10. The van der Waals surface area contributed by atoms with E-state index in [9.17, 15) is 0 Å². The predicted octanol–water partition coefficient (Wildman–Crippen LogP) is 1.25. The molecular formula is C13H23N5. The quantitative estimate of drug-likeness (QED) is 0.851. The number of nitrogens with zero attached hydrogens (tertiary/aromatic N) is 4. The maximum atomic E-state index is 5.57. The van der Waals surface area contributed by atoms with Crippen LogP contribution in [0.15, 0.2) is 12.4 Å². The average Bonchev–Trinajstić information content (AvgIpc) is 2.92. The summed E-state index contributed by atoms with van der Waals surface area (Å²) < 4.78 is 0. The molecule has 100 valence electrons. The fraction of sp³-hybridized carbons (Fsp3) is 0.692. The van der Waals surface area contributed by atoms with Gasteiger partial charge in [0, 0.05) is 39.3 Å². The molecule has 1 heterocycles. The maximum Gasteiger partial charge on any atom is 0.134 e. The molecule has 1 aromatic heterocycles. The number of likely N-dealkylation sites (N-methyl/N-ethyl adjacent to an activating group) is 1. The van der Waals surface area contributed by atoms with Crippen LogP contribution in [0.5, 0.6) is 0 Å². The molecule has 1 aromatic rings. The minimum absolute atomic E-state index is 0.632. The Bertz CT molecular complexity index is 375. The fourth-order valence-electron chi connectivity index (χ4n) is 2.53. The van der Waals surface area contributed by atoms with Crippen LogP contribution in [0.2, 0.25) is 0 Å². The van der Waals surface area contributed by atoms with Crippen molar-refractivity contribution in [3.63, 3.8) is 0 Å². The molecule has 1 aliphatic rings. The molecule has 2 rings (SSSR count). The molecule has 1 saturated carbocycles. The monoisotopic (exact) mass is 249 g/mol. The molecule has 1 fully saturated rings. The van der Waals surface area contributed by atoms with Crippen molar-refractivity contribution < 1.29 is 0 Å². The van der Waals surface area contributed by atoms with Crippen LogP contribution in [0.25, 0.3) is 0 Å². The Morgan fingerprint density at radius 3 is 2.56 bits per heavy atom. The molecule has 1 aliphatic carbocycles. The molecule has 0 bridgehead atoms. The topological polar surface area (TPSA) is 58.3 Å². The van der Waals surface area contributed by atoms with Crippen LogP contribution in [0.3, 0.4) is 0 Å². The summed E-state index contributed by atoms with van der Waals surface area (Å²) in [6, 6.07) is 2.68. The van der Waals surface area contributed by atoms with Gasteiger partial charge in [0.25, 0.3) is 0 Å². The first kappa shape index (κ1) is 13.1. The van der Waals surface area contributed by atoms with E-state index in [0.29, 0.717) is 12.6 Å². The molecule has 5 nitrogen and oxygen atoms in total. The average molecular weight is 249 g/mol. The second-order valence-electron chi connectivity index (χ2n) is 4.99. The Labute approximate surface area is 109 Å². The van der Waals surface area contributed by atoms with Crippen molar-refractivity contribution in [2.45, 2.75) is 31.7 Å². The molecule has 0 aromatic carbocycles. The summed E-state index contributed by atoms with van der Waals surface area (Å²) in [5.41, 5.74) is 5.57. The van der Waals surface area contributed by atoms with Crippen molar-refractivity contribution in [1.82, 2.24) is 9.97 Å². The van der Waals surface area contributed by atoms with Crippen molar-refractivity contribution in [3.05, 3.63) is 12.4 Å². The van der Waals surface area contributed by atoms with Gasteiger partial charge in [-0.1, -0.05) is 12.8 Å². The largest absolute Gasteiger partial charge is 0.358 e. The van der Waals surface area contributed by atoms with Crippen LogP contribution < -0.4 is 15.5 Å². The van der Waals surface area contributed by atoms with Gasteiger partial charge in [-0.25, -0.2) is 9.97 Å². The third kappa shape index (κ3) is 2.90. The standard InChI is InChI=1S/C13H23N5/c1-17(8-7-14)12-9-13(16-10-15-12)18(2)11-5-3-4-6-11/h9-11H,3-8,14H2,1-2H3. The van der Waals surface area contributed by atoms with Crippen LogP contribution in [-0.4, -0.2) is 43.2 Å². The van der Waals surface area contributed by atoms with Gasteiger partial charge in [-0.15, -0.1) is 0 Å². The normalized spacial score (nSPS) is 15.9. The number of anilines is 2. The molecule has 0 amide bonds. The minimum Gasteiger partial charge on any atom is -0.358 e. The van der Waals surface area contributed by atoms with Crippen molar-refractivity contribution in [3.8, 4) is 0 Å². The van der Waals surface area contributed by atoms with Crippen molar-refractivity contribution in [1.29, 1.82) is 0 Å². The van der Waals surface area contributed by atoms with Gasteiger partial charge in [0.15, 0.2) is 0 Å². The number of hydrogen-bond donors (Lipinski definition) is 1. The maximum absolute atomic E-state index is 5.57. The lowest BCUT2D eigenvalue weighted by atomic mass is 10.2. The summed E-state index contributed by atoms with van der Waals surface area (Å²) in [5, 5.41) is 0. The lowest BCUT2D eigenvalue weighted by molar-refractivity contribution is 0.645. The van der Waals surface area contributed by atoms with Gasteiger partial charge in [0.05, 0.1) is 0 Å². The number of hydrogen-bond acceptors (Lipinski definition) is 5. The van der Waals surface area contributed by atoms with Gasteiger partial charge in [-0.05, 0) is 12.8 Å². The lowest BCUT2D eigenvalue weighted by Gasteiger charge is -2.26. The van der Waals surface area contributed by atoms with E-state index in [1.165, 1.54) is 25.7 Å². The molecule has 0 aliphatic heterocycles. The highest BCUT2D eigenvalue weighted by atomic mass is 15.2. The Hall–Kier alpha value is -1.36. The number of rotatable bonds is 5. The van der Waals surface area contributed by atoms with Gasteiger partial charge in [-0.2, -0.15) is 0 Å². The van der Waals surface area contributed by atoms with E-state index < -0.39 is 0 Å². The molecule has 0 atom stereocenters. The molecule has 2 N–H and O–H groups in total. The lowest BCUT2D eigenvalue weighted by Crippen LogP contribution is -2.30. The summed E-state index contributed by atoms with van der Waals surface area (Å²) in [4.78, 5) is 13.0. The molecule has 0 radical (unpaired) electrons. The molecule has 0 unspecified atom stereocenters. The third-order valence-electron chi connectivity index (χ3n) is 3.73. The third-order valence-corrected chi connectivity index (χ3v) is 3.73. The zero-order valence-corrected chi connectivity index (χ0v) is 11.3. The van der Waals surface area contributed by atoms with Crippen molar-refractivity contribution in [2.75, 3.05) is 37.0 Å². The first-order chi connectivity index (χ1) is 8.72. The van der Waals surface area contributed by atoms with E-state index >= 15 is 0 Å². The molecular weight excluding hydrogens is 226 g/mol. The van der Waals surface area contributed by atoms with Gasteiger partial charge in [0.2, 0.25) is 0 Å². The Morgan fingerprint density at radius 1 is 1.22 bits per heavy atom. The molecule has 18 heavy (non-hydrogen) atoms. The smallest absolute Gasteiger partial charge is 0.134 e. The minimum atomic E-state index is 0.632. The first-order valence-electron chi connectivity index (χ1n) is 6.68. The summed E-state index contributed by atoms with van der Waals surface area (Å²) in [7, 11) is 4.14. The van der Waals surface area contributed by atoms with Crippen molar-refractivity contribution in [2.24, 2.45) is 5.73 Å². The predicted molar refractivity (Wildman–Crippen MR) is 75.0 cm³/mol. The highest BCUT2D eigenvalue weighted by Crippen LogP contribution is 2.26. The van der Waals surface area contributed by atoms with Crippen LogP contribution in [0, 0.1) is 0 Å². The molecule has 5 heteroatoms. The molecule has 0 saturated heterocycles. The van der Waals surface area contributed by atoms with Gasteiger partial charge < -0.3 is 15.5 Å². The second kappa shape index (κ2) is 6.00. The van der Waals surface area contributed by atoms with E-state index in [-0.39, 0.29) is 0 Å². The summed E-state index contributed by atoms with van der Waals surface area (Å²) >= 11 is 0.